The topological polar surface area (TPSA) is 98.8 Å². The molecule has 0 aromatic heterocycles. The zero-order chi connectivity index (χ0) is 24.3. The molecule has 0 aliphatic rings. The summed E-state index contributed by atoms with van der Waals surface area (Å²) in [5, 5.41) is 0. The number of esters is 2. The summed E-state index contributed by atoms with van der Waals surface area (Å²) in [6.07, 6.45) is 1.51. The summed E-state index contributed by atoms with van der Waals surface area (Å²) in [5.74, 6) is -0.715. The predicted molar refractivity (Wildman–Crippen MR) is 124 cm³/mol. The van der Waals surface area contributed by atoms with Gasteiger partial charge in [0, 0.05) is 52.7 Å². The molecule has 0 saturated carbocycles. The summed E-state index contributed by atoms with van der Waals surface area (Å²) in [6, 6.07) is 1.65. The van der Waals surface area contributed by atoms with Gasteiger partial charge in [-0.05, 0) is 26.7 Å². The molecule has 0 amide bonds. The van der Waals surface area contributed by atoms with Crippen molar-refractivity contribution in [2.24, 2.45) is 0 Å². The van der Waals surface area contributed by atoms with E-state index < -0.39 is 18.3 Å². The molecule has 0 bridgehead atoms. The highest BCUT2D eigenvalue weighted by atomic mass is 28.4. The van der Waals surface area contributed by atoms with Crippen LogP contribution in [0, 0.1) is 0 Å². The molecule has 0 saturated heterocycles. The molecule has 0 heterocycles. The first-order chi connectivity index (χ1) is 14.6. The zero-order valence-electron chi connectivity index (χ0n) is 20.1. The minimum absolute atomic E-state index is 0.0261. The van der Waals surface area contributed by atoms with Crippen molar-refractivity contribution in [3.8, 4) is 0 Å². The lowest BCUT2D eigenvalue weighted by atomic mass is 10.4. The lowest BCUT2D eigenvalue weighted by Gasteiger charge is -2.24. The molecule has 182 valence electrons. The van der Waals surface area contributed by atoms with Crippen LogP contribution < -0.4 is 0 Å². The van der Waals surface area contributed by atoms with E-state index in [-0.39, 0.29) is 17.9 Å². The number of hydrogen-bond acceptors (Lipinski definition) is 9. The minimum atomic E-state index is -2.53. The first kappa shape index (κ1) is 31.8. The Bertz CT molecular complexity index is 524. The maximum absolute atomic E-state index is 11.1. The van der Waals surface area contributed by atoms with E-state index in [1.165, 1.54) is 0 Å². The van der Waals surface area contributed by atoms with Crippen LogP contribution in [0.5, 0.6) is 0 Å². The third kappa shape index (κ3) is 16.0. The van der Waals surface area contributed by atoms with Crippen LogP contribution in [0.4, 0.5) is 0 Å². The Morgan fingerprint density at radius 1 is 0.806 bits per heavy atom. The van der Waals surface area contributed by atoms with Gasteiger partial charge in [-0.3, -0.25) is 0 Å². The van der Waals surface area contributed by atoms with Crippen LogP contribution in [0.3, 0.4) is 0 Å². The maximum Gasteiger partial charge on any atom is 0.500 e. The zero-order valence-corrected chi connectivity index (χ0v) is 22.5. The van der Waals surface area contributed by atoms with Crippen molar-refractivity contribution in [1.29, 1.82) is 0 Å². The van der Waals surface area contributed by atoms with Crippen LogP contribution >= 0.6 is 0 Å². The summed E-state index contributed by atoms with van der Waals surface area (Å²) < 4.78 is 35.8. The van der Waals surface area contributed by atoms with Crippen molar-refractivity contribution < 1.29 is 41.8 Å². The van der Waals surface area contributed by atoms with Crippen LogP contribution in [-0.4, -0.2) is 84.9 Å². The van der Waals surface area contributed by atoms with Crippen LogP contribution in [0.15, 0.2) is 24.3 Å². The fraction of sp³-hybridized carbons (Fsp3) is 0.700. The Labute approximate surface area is 190 Å². The Morgan fingerprint density at radius 2 is 1.23 bits per heavy atom. The molecule has 0 aromatic rings. The molecule has 0 rings (SSSR count). The molecule has 0 N–H and O–H groups in total. The smallest absolute Gasteiger partial charge is 0.462 e. The second kappa shape index (κ2) is 19.3. The van der Waals surface area contributed by atoms with E-state index in [1.54, 1.807) is 49.4 Å². The van der Waals surface area contributed by atoms with Gasteiger partial charge in [-0.1, -0.05) is 19.2 Å². The van der Waals surface area contributed by atoms with Gasteiger partial charge < -0.3 is 32.2 Å². The molecule has 0 aliphatic heterocycles. The van der Waals surface area contributed by atoms with Gasteiger partial charge in [-0.25, -0.2) is 9.59 Å². The lowest BCUT2D eigenvalue weighted by Crippen LogP contribution is -2.42. The number of methoxy groups -OCH3 is 2. The normalized spacial score (nSPS) is 11.2. The summed E-state index contributed by atoms with van der Waals surface area (Å²) in [7, 11) is 5.02. The quantitative estimate of drug-likeness (QED) is 0.108. The van der Waals surface area contributed by atoms with E-state index in [2.05, 4.69) is 13.2 Å². The Morgan fingerprint density at radius 3 is 1.58 bits per heavy atom. The molecular formula is C20H40O9Si2. The van der Waals surface area contributed by atoms with Crippen molar-refractivity contribution in [1.82, 2.24) is 0 Å². The third-order valence-corrected chi connectivity index (χ3v) is 8.96. The van der Waals surface area contributed by atoms with E-state index in [4.69, 9.17) is 32.2 Å². The van der Waals surface area contributed by atoms with Crippen LogP contribution in [0.1, 0.15) is 26.7 Å². The number of rotatable bonds is 16. The van der Waals surface area contributed by atoms with Gasteiger partial charge >= 0.3 is 20.7 Å². The molecule has 9 nitrogen and oxygen atoms in total. The highest BCUT2D eigenvalue weighted by molar-refractivity contribution is 6.60. The van der Waals surface area contributed by atoms with Crippen molar-refractivity contribution in [2.75, 3.05) is 48.8 Å². The third-order valence-electron chi connectivity index (χ3n) is 4.08. The number of ether oxygens (including phenoxy) is 4. The largest absolute Gasteiger partial charge is 0.500 e. The molecule has 0 unspecified atom stereocenters. The lowest BCUT2D eigenvalue weighted by molar-refractivity contribution is -0.139. The number of hydrogen-bond donors (Lipinski definition) is 0. The van der Waals surface area contributed by atoms with Gasteiger partial charge in [0.15, 0.2) is 0 Å². The average molecular weight is 481 g/mol. The van der Waals surface area contributed by atoms with Crippen LogP contribution in [0.2, 0.25) is 12.1 Å². The molecule has 0 aliphatic carbocycles. The summed E-state index contributed by atoms with van der Waals surface area (Å²) in [4.78, 5) is 22.1. The first-order valence-corrected chi connectivity index (χ1v) is 13.7. The van der Waals surface area contributed by atoms with E-state index in [9.17, 15) is 9.59 Å². The summed E-state index contributed by atoms with van der Waals surface area (Å²) in [5.41, 5.74) is 0.840. The predicted octanol–water partition coefficient (Wildman–Crippen LogP) is 2.03. The van der Waals surface area contributed by atoms with Gasteiger partial charge in [0.25, 0.3) is 0 Å². The second-order valence-corrected chi connectivity index (χ2v) is 11.7. The monoisotopic (exact) mass is 480 g/mol. The van der Waals surface area contributed by atoms with Crippen LogP contribution in [-0.2, 0) is 41.8 Å². The standard InChI is InChI=1S/C10H20O5Si.C10H20O4Si/c1-9(2)10(11)15-7-6-8-16(12-3,13-4)14-5;1-8(2)9(11)14-6-5-7-15-10(12-3)13-4/h1,6-8H2,2-5H3;10H,1,5-7,15H2,2-4H3. The Kier molecular flexibility index (Phi) is 19.9. The second-order valence-electron chi connectivity index (χ2n) is 6.63. The number of carbonyl (C=O) groups is 2. The van der Waals surface area contributed by atoms with Crippen molar-refractivity contribution in [3.05, 3.63) is 24.3 Å². The van der Waals surface area contributed by atoms with Crippen molar-refractivity contribution in [2.45, 2.75) is 44.7 Å². The van der Waals surface area contributed by atoms with Gasteiger partial charge in [0.2, 0.25) is 0 Å². The molecule has 31 heavy (non-hydrogen) atoms. The van der Waals surface area contributed by atoms with Gasteiger partial charge in [-0.2, -0.15) is 0 Å². The van der Waals surface area contributed by atoms with Gasteiger partial charge in [0.1, 0.15) is 5.91 Å². The SMILES string of the molecule is C=C(C)C(=O)OCCC[SiH2]C(OC)OC.C=C(C)C(=O)OCCC[Si](OC)(OC)OC. The van der Waals surface area contributed by atoms with Crippen molar-refractivity contribution >= 4 is 30.3 Å². The molecular weight excluding hydrogens is 440 g/mol. The fourth-order valence-electron chi connectivity index (χ4n) is 2.17. The van der Waals surface area contributed by atoms with Crippen LogP contribution in [0.25, 0.3) is 0 Å². The number of carbonyl (C=O) groups excluding carboxylic acids is 2. The Hall–Kier alpha value is -1.35. The first-order valence-electron chi connectivity index (χ1n) is 9.99. The van der Waals surface area contributed by atoms with Gasteiger partial charge in [-0.15, -0.1) is 0 Å². The fourth-order valence-corrected chi connectivity index (χ4v) is 5.15. The highest BCUT2D eigenvalue weighted by Gasteiger charge is 2.36. The van der Waals surface area contributed by atoms with Crippen molar-refractivity contribution in [3.63, 3.8) is 0 Å². The highest BCUT2D eigenvalue weighted by Crippen LogP contribution is 2.15. The molecule has 0 radical (unpaired) electrons. The molecule has 0 atom stereocenters. The van der Waals surface area contributed by atoms with E-state index in [0.29, 0.717) is 36.8 Å². The van der Waals surface area contributed by atoms with Gasteiger partial charge in [0.05, 0.1) is 22.7 Å². The average Bonchev–Trinajstić information content (AvgIpc) is 2.76. The van der Waals surface area contributed by atoms with E-state index in [0.717, 1.165) is 12.5 Å². The summed E-state index contributed by atoms with van der Waals surface area (Å²) >= 11 is 0. The van der Waals surface area contributed by atoms with E-state index >= 15 is 0 Å². The molecule has 0 aromatic carbocycles. The molecule has 0 fully saturated rings. The summed E-state index contributed by atoms with van der Waals surface area (Å²) in [6.45, 7) is 11.0. The maximum atomic E-state index is 11.1. The van der Waals surface area contributed by atoms with E-state index in [1.807, 2.05) is 0 Å². The minimum Gasteiger partial charge on any atom is -0.462 e. The Balaban J connectivity index is 0. The molecule has 11 heteroatoms. The molecule has 0 spiro atoms.